The number of nitrogens with zero attached hydrogens (tertiary/aromatic N) is 1. The molecule has 0 heterocycles. The summed E-state index contributed by atoms with van der Waals surface area (Å²) in [6, 6.07) is 0. The molecular formula is C43H85NO5. The number of aliphatic hydroxyl groups excluding tert-OH is 1. The first kappa shape index (κ1) is 48.0. The molecule has 1 N–H and O–H groups in total. The molecule has 0 aromatic rings. The van der Waals surface area contributed by atoms with E-state index in [2.05, 4.69) is 31.7 Å². The van der Waals surface area contributed by atoms with Crippen LogP contribution >= 0.6 is 0 Å². The zero-order valence-electron chi connectivity index (χ0n) is 33.2. The zero-order valence-corrected chi connectivity index (χ0v) is 33.2. The Bertz CT molecular complexity index is 655. The predicted octanol–water partition coefficient (Wildman–Crippen LogP) is 12.1. The minimum Gasteiger partial charge on any atom is -0.461 e. The fraction of sp³-hybridized carbons (Fsp3) is 0.930. The first-order valence-electron chi connectivity index (χ1n) is 21.5. The van der Waals surface area contributed by atoms with Crippen LogP contribution < -0.4 is 0 Å². The third kappa shape index (κ3) is 38.1. The zero-order chi connectivity index (χ0) is 35.7. The third-order valence-electron chi connectivity index (χ3n) is 9.52. The minimum atomic E-state index is -0.0711. The minimum absolute atomic E-state index is 0.0303. The van der Waals surface area contributed by atoms with Crippen LogP contribution in [0.3, 0.4) is 0 Å². The molecular weight excluding hydrogens is 610 g/mol. The first-order chi connectivity index (χ1) is 24.2. The lowest BCUT2D eigenvalue weighted by Crippen LogP contribution is -2.29. The van der Waals surface area contributed by atoms with Crippen molar-refractivity contribution >= 4 is 5.97 Å². The number of ether oxygens (including phenoxy) is 3. The van der Waals surface area contributed by atoms with E-state index in [4.69, 9.17) is 14.2 Å². The number of carbonyl (C=O) groups is 1. The Balaban J connectivity index is 3.97. The van der Waals surface area contributed by atoms with Crippen LogP contribution in [0.4, 0.5) is 0 Å². The summed E-state index contributed by atoms with van der Waals surface area (Å²) in [5, 5.41) is 9.56. The maximum Gasteiger partial charge on any atom is 0.306 e. The van der Waals surface area contributed by atoms with Gasteiger partial charge in [-0.2, -0.15) is 0 Å². The first-order valence-corrected chi connectivity index (χ1v) is 21.5. The number of unbranched alkanes of at least 4 members (excludes halogenated alkanes) is 22. The molecule has 0 amide bonds. The molecule has 0 aliphatic rings. The molecule has 292 valence electrons. The molecule has 0 fully saturated rings. The molecule has 0 saturated carbocycles. The molecule has 0 aromatic carbocycles. The normalized spacial score (nSPS) is 11.9. The second-order valence-electron chi connectivity index (χ2n) is 14.3. The van der Waals surface area contributed by atoms with Crippen LogP contribution in [-0.4, -0.2) is 68.3 Å². The third-order valence-corrected chi connectivity index (χ3v) is 9.52. The average Bonchev–Trinajstić information content (AvgIpc) is 3.10. The monoisotopic (exact) mass is 696 g/mol. The van der Waals surface area contributed by atoms with Crippen LogP contribution in [0.25, 0.3) is 0 Å². The summed E-state index contributed by atoms with van der Waals surface area (Å²) >= 11 is 0. The van der Waals surface area contributed by atoms with E-state index in [9.17, 15) is 9.90 Å². The summed E-state index contributed by atoms with van der Waals surface area (Å²) in [5.41, 5.74) is 0. The Morgan fingerprint density at radius 3 is 1.57 bits per heavy atom. The molecule has 0 aromatic heterocycles. The smallest absolute Gasteiger partial charge is 0.306 e. The van der Waals surface area contributed by atoms with Crippen LogP contribution in [0.5, 0.6) is 0 Å². The molecule has 0 saturated heterocycles. The quantitative estimate of drug-likeness (QED) is 0.0297. The second kappa shape index (κ2) is 41.5. The lowest BCUT2D eigenvalue weighted by atomic mass is 10.1. The highest BCUT2D eigenvalue weighted by molar-refractivity contribution is 5.69. The van der Waals surface area contributed by atoms with Crippen molar-refractivity contribution in [3.05, 3.63) is 12.2 Å². The second-order valence-corrected chi connectivity index (χ2v) is 14.3. The van der Waals surface area contributed by atoms with E-state index in [0.29, 0.717) is 13.0 Å². The Morgan fingerprint density at radius 2 is 1.02 bits per heavy atom. The Kier molecular flexibility index (Phi) is 40.7. The Labute approximate surface area is 305 Å². The number of rotatable bonds is 41. The number of allylic oxidation sites excluding steroid dienone is 1. The summed E-state index contributed by atoms with van der Waals surface area (Å²) in [6.45, 7) is 12.0. The highest BCUT2D eigenvalue weighted by Gasteiger charge is 2.10. The van der Waals surface area contributed by atoms with Gasteiger partial charge in [-0.1, -0.05) is 155 Å². The molecule has 49 heavy (non-hydrogen) atoms. The molecule has 0 radical (unpaired) electrons. The van der Waals surface area contributed by atoms with Gasteiger partial charge in [-0.25, -0.2) is 0 Å². The van der Waals surface area contributed by atoms with E-state index in [1.165, 1.54) is 128 Å². The molecule has 6 nitrogen and oxygen atoms in total. The Hall–Kier alpha value is -0.950. The fourth-order valence-corrected chi connectivity index (χ4v) is 6.29. The highest BCUT2D eigenvalue weighted by atomic mass is 16.7. The van der Waals surface area contributed by atoms with E-state index >= 15 is 0 Å². The molecule has 6 heteroatoms. The Morgan fingerprint density at radius 1 is 0.551 bits per heavy atom. The van der Waals surface area contributed by atoms with Crippen molar-refractivity contribution in [2.24, 2.45) is 0 Å². The van der Waals surface area contributed by atoms with E-state index in [-0.39, 0.29) is 18.9 Å². The van der Waals surface area contributed by atoms with Crippen molar-refractivity contribution in [3.63, 3.8) is 0 Å². The highest BCUT2D eigenvalue weighted by Crippen LogP contribution is 2.15. The molecule has 0 unspecified atom stereocenters. The van der Waals surface area contributed by atoms with Gasteiger partial charge in [0, 0.05) is 26.2 Å². The number of carbonyl (C=O) groups excluding carboxylic acids is 1. The van der Waals surface area contributed by atoms with Gasteiger partial charge in [0.25, 0.3) is 0 Å². The number of hydrogen-bond acceptors (Lipinski definition) is 6. The topological polar surface area (TPSA) is 68.2 Å². The van der Waals surface area contributed by atoms with Gasteiger partial charge >= 0.3 is 5.97 Å². The van der Waals surface area contributed by atoms with Gasteiger partial charge in [0.15, 0.2) is 6.29 Å². The predicted molar refractivity (Wildman–Crippen MR) is 210 cm³/mol. The van der Waals surface area contributed by atoms with Gasteiger partial charge in [-0.15, -0.1) is 0 Å². The van der Waals surface area contributed by atoms with E-state index < -0.39 is 0 Å². The van der Waals surface area contributed by atoms with Crippen molar-refractivity contribution < 1.29 is 24.1 Å². The maximum atomic E-state index is 11.9. The molecule has 0 atom stereocenters. The SMILES string of the molecule is CCCCCC/C=C\COC(=O)CCCCCCCN(CCO)CCCCCCCC(OCCCCCCCC)OCCCCCCCC. The summed E-state index contributed by atoms with van der Waals surface area (Å²) in [5.74, 6) is -0.0711. The van der Waals surface area contributed by atoms with Gasteiger partial charge in [0.05, 0.1) is 6.61 Å². The van der Waals surface area contributed by atoms with E-state index in [1.54, 1.807) is 0 Å². The van der Waals surface area contributed by atoms with Crippen LogP contribution in [0.15, 0.2) is 12.2 Å². The number of aliphatic hydroxyl groups is 1. The molecule has 0 aliphatic heterocycles. The van der Waals surface area contributed by atoms with Gasteiger partial charge < -0.3 is 24.2 Å². The summed E-state index contributed by atoms with van der Waals surface area (Å²) in [6.07, 6.45) is 38.9. The van der Waals surface area contributed by atoms with Crippen molar-refractivity contribution in [1.82, 2.24) is 4.90 Å². The van der Waals surface area contributed by atoms with Crippen molar-refractivity contribution in [2.45, 2.75) is 213 Å². The number of esters is 1. The standard InChI is InChI=1S/C43H85NO5/c1-4-7-10-13-16-25-30-39-47-42(46)33-26-19-17-21-28-35-44(37-38-45)36-29-22-18-20-27-34-43(48-40-31-23-14-11-8-5-2)49-41-32-24-15-12-9-6-3/h25,30,43,45H,4-24,26-29,31-41H2,1-3H3/b30-25-. The molecule has 0 bridgehead atoms. The van der Waals surface area contributed by atoms with Crippen molar-refractivity contribution in [3.8, 4) is 0 Å². The van der Waals surface area contributed by atoms with E-state index in [1.807, 2.05) is 6.08 Å². The van der Waals surface area contributed by atoms with Crippen LogP contribution in [0.1, 0.15) is 207 Å². The lowest BCUT2D eigenvalue weighted by Gasteiger charge is -2.21. The molecule has 0 spiro atoms. The van der Waals surface area contributed by atoms with E-state index in [0.717, 1.165) is 84.2 Å². The molecule has 0 rings (SSSR count). The van der Waals surface area contributed by atoms with Crippen molar-refractivity contribution in [2.75, 3.05) is 46.1 Å². The van der Waals surface area contributed by atoms with Crippen LogP contribution in [0, 0.1) is 0 Å². The summed E-state index contributed by atoms with van der Waals surface area (Å²) < 4.78 is 17.8. The summed E-state index contributed by atoms with van der Waals surface area (Å²) in [4.78, 5) is 14.4. The van der Waals surface area contributed by atoms with Gasteiger partial charge in [-0.05, 0) is 70.9 Å². The molecule has 0 aliphatic carbocycles. The number of hydrogen-bond donors (Lipinski definition) is 1. The van der Waals surface area contributed by atoms with Crippen LogP contribution in [0.2, 0.25) is 0 Å². The maximum absolute atomic E-state index is 11.9. The van der Waals surface area contributed by atoms with Gasteiger partial charge in [0.2, 0.25) is 0 Å². The average molecular weight is 696 g/mol. The summed E-state index contributed by atoms with van der Waals surface area (Å²) in [7, 11) is 0. The van der Waals surface area contributed by atoms with Gasteiger partial charge in [0.1, 0.15) is 6.61 Å². The van der Waals surface area contributed by atoms with Crippen LogP contribution in [-0.2, 0) is 19.0 Å². The van der Waals surface area contributed by atoms with Crippen molar-refractivity contribution in [1.29, 1.82) is 0 Å². The lowest BCUT2D eigenvalue weighted by molar-refractivity contribution is -0.148. The van der Waals surface area contributed by atoms with Gasteiger partial charge in [-0.3, -0.25) is 4.79 Å². The fourth-order valence-electron chi connectivity index (χ4n) is 6.29. The largest absolute Gasteiger partial charge is 0.461 e.